The Morgan fingerprint density at radius 3 is 2.89 bits per heavy atom. The van der Waals surface area contributed by atoms with Gasteiger partial charge in [0.05, 0.1) is 13.2 Å². The van der Waals surface area contributed by atoms with Crippen molar-refractivity contribution in [1.82, 2.24) is 0 Å². The van der Waals surface area contributed by atoms with Gasteiger partial charge in [-0.05, 0) is 36.1 Å². The van der Waals surface area contributed by atoms with Gasteiger partial charge in [0.25, 0.3) is 0 Å². The Balaban J connectivity index is 2.31. The van der Waals surface area contributed by atoms with Crippen molar-refractivity contribution in [2.24, 2.45) is 11.1 Å². The zero-order valence-electron chi connectivity index (χ0n) is 11.4. The molecule has 2 rings (SSSR count). The first-order valence-corrected chi connectivity index (χ1v) is 7.27. The third-order valence-corrected chi connectivity index (χ3v) is 4.16. The molecule has 1 heterocycles. The molecule has 19 heavy (non-hydrogen) atoms. The summed E-state index contributed by atoms with van der Waals surface area (Å²) in [5.74, 6) is 0.951. The third-order valence-electron chi connectivity index (χ3n) is 3.94. The molecule has 0 spiro atoms. The van der Waals surface area contributed by atoms with E-state index in [1.165, 1.54) is 5.56 Å². The Morgan fingerprint density at radius 1 is 1.47 bits per heavy atom. The number of halogens is 1. The van der Waals surface area contributed by atoms with E-state index in [9.17, 15) is 5.11 Å². The van der Waals surface area contributed by atoms with E-state index >= 15 is 0 Å². The molecule has 0 fully saturated rings. The molecule has 0 saturated heterocycles. The lowest BCUT2D eigenvalue weighted by Crippen LogP contribution is -2.36. The average Bonchev–Trinajstić information content (AvgIpc) is 2.86. The van der Waals surface area contributed by atoms with Gasteiger partial charge in [-0.15, -0.1) is 0 Å². The first kappa shape index (κ1) is 14.6. The van der Waals surface area contributed by atoms with E-state index in [0.29, 0.717) is 13.2 Å². The monoisotopic (exact) mass is 283 g/mol. The van der Waals surface area contributed by atoms with Gasteiger partial charge in [0.1, 0.15) is 5.75 Å². The van der Waals surface area contributed by atoms with Gasteiger partial charge in [-0.2, -0.15) is 0 Å². The number of hydrogen-bond acceptors (Lipinski definition) is 3. The summed E-state index contributed by atoms with van der Waals surface area (Å²) in [4.78, 5) is 0. The molecule has 106 valence electrons. The fourth-order valence-electron chi connectivity index (χ4n) is 2.87. The van der Waals surface area contributed by atoms with Gasteiger partial charge in [-0.3, -0.25) is 0 Å². The number of nitrogens with two attached hydrogens (primary N) is 1. The van der Waals surface area contributed by atoms with E-state index < -0.39 is 0 Å². The smallest absolute Gasteiger partial charge is 0.125 e. The highest BCUT2D eigenvalue weighted by Crippen LogP contribution is 2.37. The second kappa shape index (κ2) is 6.12. The van der Waals surface area contributed by atoms with Gasteiger partial charge < -0.3 is 15.6 Å². The van der Waals surface area contributed by atoms with Crippen LogP contribution in [0.2, 0.25) is 5.02 Å². The summed E-state index contributed by atoms with van der Waals surface area (Å²) in [6.45, 7) is 3.39. The number of aliphatic hydroxyl groups excluding tert-OH is 1. The van der Waals surface area contributed by atoms with Gasteiger partial charge in [0, 0.05) is 23.4 Å². The second-order valence-corrected chi connectivity index (χ2v) is 5.88. The summed E-state index contributed by atoms with van der Waals surface area (Å²) in [6, 6.07) is 3.91. The van der Waals surface area contributed by atoms with Gasteiger partial charge >= 0.3 is 0 Å². The topological polar surface area (TPSA) is 55.5 Å². The largest absolute Gasteiger partial charge is 0.493 e. The molecule has 0 aliphatic carbocycles. The van der Waals surface area contributed by atoms with Crippen LogP contribution < -0.4 is 10.5 Å². The third kappa shape index (κ3) is 3.04. The van der Waals surface area contributed by atoms with Gasteiger partial charge in [-0.25, -0.2) is 0 Å². The Kier molecular flexibility index (Phi) is 4.71. The van der Waals surface area contributed by atoms with Crippen LogP contribution in [0.25, 0.3) is 0 Å². The molecule has 3 nitrogen and oxygen atoms in total. The van der Waals surface area contributed by atoms with Crippen molar-refractivity contribution in [2.45, 2.75) is 32.6 Å². The first-order valence-electron chi connectivity index (χ1n) is 6.89. The molecule has 1 aliphatic rings. The molecule has 4 heteroatoms. The van der Waals surface area contributed by atoms with Crippen LogP contribution in [0.5, 0.6) is 5.75 Å². The van der Waals surface area contributed by atoms with E-state index in [0.717, 1.165) is 42.0 Å². The standard InChI is InChI=1S/C15H22ClNO2/c1-2-4-15(9-17,10-18)8-12-7-13(16)6-11-3-5-19-14(11)12/h6-7,18H,2-5,8-10,17H2,1H3. The van der Waals surface area contributed by atoms with E-state index in [1.54, 1.807) is 0 Å². The molecule has 1 atom stereocenters. The lowest BCUT2D eigenvalue weighted by molar-refractivity contribution is 0.120. The van der Waals surface area contributed by atoms with Crippen LogP contribution in [-0.2, 0) is 12.8 Å². The zero-order valence-corrected chi connectivity index (χ0v) is 12.2. The van der Waals surface area contributed by atoms with Crippen molar-refractivity contribution in [2.75, 3.05) is 19.8 Å². The number of ether oxygens (including phenoxy) is 1. The molecule has 0 radical (unpaired) electrons. The predicted molar refractivity (Wildman–Crippen MR) is 77.8 cm³/mol. The summed E-state index contributed by atoms with van der Waals surface area (Å²) in [6.07, 6.45) is 3.53. The van der Waals surface area contributed by atoms with E-state index in [2.05, 4.69) is 6.92 Å². The summed E-state index contributed by atoms with van der Waals surface area (Å²) in [5, 5.41) is 10.5. The van der Waals surface area contributed by atoms with Crippen LogP contribution in [0.4, 0.5) is 0 Å². The number of benzene rings is 1. The molecule has 1 unspecified atom stereocenters. The lowest BCUT2D eigenvalue weighted by Gasteiger charge is -2.31. The van der Waals surface area contributed by atoms with E-state index in [1.807, 2.05) is 12.1 Å². The predicted octanol–water partition coefficient (Wildman–Crippen LogP) is 2.55. The molecule has 3 N–H and O–H groups in total. The molecule has 0 bridgehead atoms. The van der Waals surface area contributed by atoms with Crippen LogP contribution in [-0.4, -0.2) is 24.9 Å². The normalized spacial score (nSPS) is 16.8. The van der Waals surface area contributed by atoms with E-state index in [-0.39, 0.29) is 12.0 Å². The SMILES string of the molecule is CCCC(CN)(CO)Cc1cc(Cl)cc2c1OCC2. The zero-order chi connectivity index (χ0) is 13.9. The minimum atomic E-state index is -0.265. The maximum atomic E-state index is 9.73. The molecular weight excluding hydrogens is 262 g/mol. The highest BCUT2D eigenvalue weighted by molar-refractivity contribution is 6.30. The Hall–Kier alpha value is -0.770. The fourth-order valence-corrected chi connectivity index (χ4v) is 3.14. The highest BCUT2D eigenvalue weighted by Gasteiger charge is 2.30. The van der Waals surface area contributed by atoms with Crippen molar-refractivity contribution in [3.8, 4) is 5.75 Å². The average molecular weight is 284 g/mol. The number of hydrogen-bond donors (Lipinski definition) is 2. The van der Waals surface area contributed by atoms with Crippen molar-refractivity contribution in [1.29, 1.82) is 0 Å². The van der Waals surface area contributed by atoms with Crippen LogP contribution >= 0.6 is 11.6 Å². The molecule has 1 aliphatic heterocycles. The quantitative estimate of drug-likeness (QED) is 0.844. The van der Waals surface area contributed by atoms with Crippen LogP contribution in [0, 0.1) is 5.41 Å². The van der Waals surface area contributed by atoms with Crippen molar-refractivity contribution < 1.29 is 9.84 Å². The van der Waals surface area contributed by atoms with Gasteiger partial charge in [-0.1, -0.05) is 24.9 Å². The minimum Gasteiger partial charge on any atom is -0.493 e. The maximum Gasteiger partial charge on any atom is 0.125 e. The summed E-state index contributed by atoms with van der Waals surface area (Å²) >= 11 is 6.17. The molecule has 0 aromatic heterocycles. The highest BCUT2D eigenvalue weighted by atomic mass is 35.5. The molecule has 0 saturated carbocycles. The maximum absolute atomic E-state index is 9.73. The van der Waals surface area contributed by atoms with Gasteiger partial charge in [0.15, 0.2) is 0 Å². The first-order chi connectivity index (χ1) is 9.14. The molecule has 1 aromatic rings. The van der Waals surface area contributed by atoms with Crippen molar-refractivity contribution in [3.05, 3.63) is 28.3 Å². The Morgan fingerprint density at radius 2 is 2.26 bits per heavy atom. The lowest BCUT2D eigenvalue weighted by atomic mass is 9.78. The summed E-state index contributed by atoms with van der Waals surface area (Å²) in [5.41, 5.74) is 7.88. The molecule has 1 aromatic carbocycles. The van der Waals surface area contributed by atoms with Crippen molar-refractivity contribution in [3.63, 3.8) is 0 Å². The van der Waals surface area contributed by atoms with Crippen LogP contribution in [0.1, 0.15) is 30.9 Å². The van der Waals surface area contributed by atoms with Gasteiger partial charge in [0.2, 0.25) is 0 Å². The fraction of sp³-hybridized carbons (Fsp3) is 0.600. The summed E-state index contributed by atoms with van der Waals surface area (Å²) < 4.78 is 5.72. The van der Waals surface area contributed by atoms with Crippen molar-refractivity contribution >= 4 is 11.6 Å². The number of aliphatic hydroxyl groups is 1. The van der Waals surface area contributed by atoms with Crippen LogP contribution in [0.3, 0.4) is 0 Å². The number of rotatable bonds is 6. The molecule has 0 amide bonds. The van der Waals surface area contributed by atoms with Crippen LogP contribution in [0.15, 0.2) is 12.1 Å². The summed E-state index contributed by atoms with van der Waals surface area (Å²) in [7, 11) is 0. The second-order valence-electron chi connectivity index (χ2n) is 5.44. The Bertz CT molecular complexity index is 444. The minimum absolute atomic E-state index is 0.0959. The molecular formula is C15H22ClNO2. The van der Waals surface area contributed by atoms with E-state index in [4.69, 9.17) is 22.1 Å². The number of fused-ring (bicyclic) bond motifs is 1. The Labute approximate surface area is 119 Å².